The van der Waals surface area contributed by atoms with Crippen LogP contribution in [0.3, 0.4) is 0 Å². The third kappa shape index (κ3) is 3.22. The van der Waals surface area contributed by atoms with Crippen LogP contribution in [0.5, 0.6) is 0 Å². The fraction of sp³-hybridized carbons (Fsp3) is 0.529. The van der Waals surface area contributed by atoms with Crippen molar-refractivity contribution in [3.63, 3.8) is 0 Å². The fourth-order valence-corrected chi connectivity index (χ4v) is 3.30. The Labute approximate surface area is 135 Å². The lowest BCUT2D eigenvalue weighted by Crippen LogP contribution is -2.54. The number of ether oxygens (including phenoxy) is 1. The number of hydrogen-bond acceptors (Lipinski definition) is 3. The van der Waals surface area contributed by atoms with Gasteiger partial charge >= 0.3 is 0 Å². The maximum absolute atomic E-state index is 13.6. The predicted octanol–water partition coefficient (Wildman–Crippen LogP) is 1.74. The molecule has 2 atom stereocenters. The summed E-state index contributed by atoms with van der Waals surface area (Å²) in [6, 6.07) is 5.42. The Morgan fingerprint density at radius 2 is 2.00 bits per heavy atom. The minimum Gasteiger partial charge on any atom is -0.356 e. The molecule has 124 valence electrons. The lowest BCUT2D eigenvalue weighted by Gasteiger charge is -2.41. The van der Waals surface area contributed by atoms with E-state index in [2.05, 4.69) is 0 Å². The summed E-state index contributed by atoms with van der Waals surface area (Å²) in [6.07, 6.45) is 2.31. The van der Waals surface area contributed by atoms with Gasteiger partial charge in [-0.25, -0.2) is 4.39 Å². The molecule has 3 rings (SSSR count). The molecule has 0 bridgehead atoms. The number of morpholine rings is 1. The third-order valence-electron chi connectivity index (χ3n) is 4.59. The third-order valence-corrected chi connectivity index (χ3v) is 4.59. The number of carbonyl (C=O) groups excluding carboxylic acids is 2. The zero-order chi connectivity index (χ0) is 16.4. The Kier molecular flexibility index (Phi) is 4.61. The molecular formula is C17H21FN2O3. The van der Waals surface area contributed by atoms with E-state index in [0.29, 0.717) is 18.7 Å². The van der Waals surface area contributed by atoms with E-state index in [0.717, 1.165) is 19.3 Å². The smallest absolute Gasteiger partial charge is 0.254 e. The predicted molar refractivity (Wildman–Crippen MR) is 82.1 cm³/mol. The number of piperidine rings is 1. The highest BCUT2D eigenvalue weighted by molar-refractivity contribution is 5.86. The van der Waals surface area contributed by atoms with Crippen molar-refractivity contribution < 1.29 is 18.7 Å². The Morgan fingerprint density at radius 1 is 1.26 bits per heavy atom. The number of amides is 2. The van der Waals surface area contributed by atoms with Gasteiger partial charge in [0, 0.05) is 20.1 Å². The highest BCUT2D eigenvalue weighted by Gasteiger charge is 2.42. The second-order valence-corrected chi connectivity index (χ2v) is 6.12. The Bertz CT molecular complexity index is 601. The maximum atomic E-state index is 13.6. The van der Waals surface area contributed by atoms with Crippen molar-refractivity contribution in [3.8, 4) is 0 Å². The SMILES string of the molecule is CN1C(=O)CO[C@@H](C(=O)N2CCCCC2)[C@@H]1c1cccc(F)c1. The van der Waals surface area contributed by atoms with Crippen LogP contribution in [0, 0.1) is 5.82 Å². The van der Waals surface area contributed by atoms with Gasteiger partial charge in [0.15, 0.2) is 6.10 Å². The zero-order valence-electron chi connectivity index (χ0n) is 13.2. The molecule has 0 aromatic heterocycles. The first-order valence-corrected chi connectivity index (χ1v) is 7.99. The van der Waals surface area contributed by atoms with Crippen molar-refractivity contribution in [2.45, 2.75) is 31.4 Å². The van der Waals surface area contributed by atoms with Crippen LogP contribution in [0.1, 0.15) is 30.9 Å². The Balaban J connectivity index is 1.89. The van der Waals surface area contributed by atoms with Gasteiger partial charge in [0.25, 0.3) is 5.91 Å². The molecule has 2 heterocycles. The van der Waals surface area contributed by atoms with E-state index in [-0.39, 0.29) is 18.4 Å². The fourth-order valence-electron chi connectivity index (χ4n) is 3.30. The highest BCUT2D eigenvalue weighted by Crippen LogP contribution is 2.31. The van der Waals surface area contributed by atoms with E-state index >= 15 is 0 Å². The molecule has 0 radical (unpaired) electrons. The van der Waals surface area contributed by atoms with Crippen LogP contribution in [0.4, 0.5) is 4.39 Å². The molecule has 2 aliphatic rings. The molecule has 0 saturated carbocycles. The zero-order valence-corrected chi connectivity index (χ0v) is 13.2. The second kappa shape index (κ2) is 6.66. The van der Waals surface area contributed by atoms with Crippen molar-refractivity contribution in [2.24, 2.45) is 0 Å². The number of hydrogen-bond donors (Lipinski definition) is 0. The van der Waals surface area contributed by atoms with Gasteiger partial charge in [-0.2, -0.15) is 0 Å². The van der Waals surface area contributed by atoms with Crippen LogP contribution in [0.2, 0.25) is 0 Å². The van der Waals surface area contributed by atoms with Crippen molar-refractivity contribution in [3.05, 3.63) is 35.6 Å². The minimum absolute atomic E-state index is 0.113. The number of likely N-dealkylation sites (N-methyl/N-ethyl adjacent to an activating group) is 1. The molecule has 1 aromatic carbocycles. The van der Waals surface area contributed by atoms with Crippen LogP contribution in [0.25, 0.3) is 0 Å². The van der Waals surface area contributed by atoms with Gasteiger partial charge in [-0.15, -0.1) is 0 Å². The first-order chi connectivity index (χ1) is 11.1. The van der Waals surface area contributed by atoms with Crippen LogP contribution < -0.4 is 0 Å². The van der Waals surface area contributed by atoms with Crippen molar-refractivity contribution in [2.75, 3.05) is 26.7 Å². The van der Waals surface area contributed by atoms with E-state index in [1.807, 2.05) is 0 Å². The molecule has 1 aromatic rings. The number of rotatable bonds is 2. The molecular weight excluding hydrogens is 299 g/mol. The van der Waals surface area contributed by atoms with Gasteiger partial charge in [-0.3, -0.25) is 9.59 Å². The van der Waals surface area contributed by atoms with Gasteiger partial charge in [0.2, 0.25) is 5.91 Å². The van der Waals surface area contributed by atoms with Crippen molar-refractivity contribution in [1.82, 2.24) is 9.80 Å². The van der Waals surface area contributed by atoms with Crippen LogP contribution in [-0.2, 0) is 14.3 Å². The van der Waals surface area contributed by atoms with Crippen LogP contribution >= 0.6 is 0 Å². The normalized spacial score (nSPS) is 25.6. The largest absolute Gasteiger partial charge is 0.356 e. The molecule has 6 heteroatoms. The molecule has 2 amide bonds. The first kappa shape index (κ1) is 15.9. The van der Waals surface area contributed by atoms with Gasteiger partial charge in [0.1, 0.15) is 12.4 Å². The number of benzene rings is 1. The van der Waals surface area contributed by atoms with E-state index in [1.165, 1.54) is 17.0 Å². The Hall–Kier alpha value is -1.95. The monoisotopic (exact) mass is 320 g/mol. The minimum atomic E-state index is -0.780. The van der Waals surface area contributed by atoms with Crippen molar-refractivity contribution >= 4 is 11.8 Å². The second-order valence-electron chi connectivity index (χ2n) is 6.12. The molecule has 0 N–H and O–H groups in total. The summed E-state index contributed by atoms with van der Waals surface area (Å²) >= 11 is 0. The lowest BCUT2D eigenvalue weighted by atomic mass is 9.96. The van der Waals surface area contributed by atoms with Crippen molar-refractivity contribution in [1.29, 1.82) is 0 Å². The highest BCUT2D eigenvalue weighted by atomic mass is 19.1. The summed E-state index contributed by atoms with van der Waals surface area (Å²) in [6.45, 7) is 1.31. The summed E-state index contributed by atoms with van der Waals surface area (Å²) in [5.74, 6) is -0.710. The molecule has 5 nitrogen and oxygen atoms in total. The lowest BCUT2D eigenvalue weighted by molar-refractivity contribution is -0.168. The van der Waals surface area contributed by atoms with Crippen LogP contribution in [-0.4, -0.2) is 54.5 Å². The average molecular weight is 320 g/mol. The Morgan fingerprint density at radius 3 is 2.70 bits per heavy atom. The molecule has 2 saturated heterocycles. The summed E-state index contributed by atoms with van der Waals surface area (Å²) in [4.78, 5) is 28.1. The van der Waals surface area contributed by atoms with E-state index in [4.69, 9.17) is 4.74 Å². The molecule has 2 fully saturated rings. The van der Waals surface area contributed by atoms with E-state index in [9.17, 15) is 14.0 Å². The number of likely N-dealkylation sites (tertiary alicyclic amines) is 1. The molecule has 23 heavy (non-hydrogen) atoms. The van der Waals surface area contributed by atoms with Gasteiger partial charge in [-0.1, -0.05) is 12.1 Å². The molecule has 0 unspecified atom stereocenters. The van der Waals surface area contributed by atoms with Gasteiger partial charge in [-0.05, 0) is 37.0 Å². The number of halogens is 1. The summed E-state index contributed by atoms with van der Waals surface area (Å²) in [5.41, 5.74) is 0.580. The topological polar surface area (TPSA) is 49.9 Å². The summed E-state index contributed by atoms with van der Waals surface area (Å²) in [7, 11) is 1.64. The average Bonchev–Trinajstić information content (AvgIpc) is 2.57. The summed E-state index contributed by atoms with van der Waals surface area (Å²) < 4.78 is 19.2. The number of carbonyl (C=O) groups is 2. The van der Waals surface area contributed by atoms with Crippen LogP contribution in [0.15, 0.2) is 24.3 Å². The molecule has 2 aliphatic heterocycles. The molecule has 0 spiro atoms. The van der Waals surface area contributed by atoms with E-state index in [1.54, 1.807) is 24.1 Å². The van der Waals surface area contributed by atoms with Gasteiger partial charge < -0.3 is 14.5 Å². The van der Waals surface area contributed by atoms with Gasteiger partial charge in [0.05, 0.1) is 6.04 Å². The summed E-state index contributed by atoms with van der Waals surface area (Å²) in [5, 5.41) is 0. The first-order valence-electron chi connectivity index (χ1n) is 7.99. The number of nitrogens with zero attached hydrogens (tertiary/aromatic N) is 2. The quantitative estimate of drug-likeness (QED) is 0.834. The van der Waals surface area contributed by atoms with E-state index < -0.39 is 18.0 Å². The standard InChI is InChI=1S/C17H21FN2O3/c1-19-14(21)11-23-16(17(22)20-8-3-2-4-9-20)15(19)12-6-5-7-13(18)10-12/h5-7,10,15-16H,2-4,8-9,11H2,1H3/t15-,16+/m0/s1. The molecule has 0 aliphatic carbocycles. The maximum Gasteiger partial charge on any atom is 0.254 e.